The fourth-order valence-electron chi connectivity index (χ4n) is 2.49. The quantitative estimate of drug-likeness (QED) is 0.429. The van der Waals surface area contributed by atoms with Crippen molar-refractivity contribution in [2.24, 2.45) is 0 Å². The Balaban J connectivity index is 2.70. The van der Waals surface area contributed by atoms with Crippen molar-refractivity contribution in [3.8, 4) is 5.75 Å². The van der Waals surface area contributed by atoms with Crippen LogP contribution in [0.5, 0.6) is 5.75 Å². The van der Waals surface area contributed by atoms with Crippen molar-refractivity contribution < 1.29 is 40.4 Å². The van der Waals surface area contributed by atoms with Crippen LogP contribution in [0.2, 0.25) is 0 Å². The van der Waals surface area contributed by atoms with E-state index in [1.54, 1.807) is 0 Å². The number of halogens is 6. The molecule has 2 atom stereocenters. The third kappa shape index (κ3) is 3.48. The highest BCUT2D eigenvalue weighted by Crippen LogP contribution is 2.47. The van der Waals surface area contributed by atoms with Gasteiger partial charge < -0.3 is 9.84 Å². The van der Waals surface area contributed by atoms with Crippen molar-refractivity contribution in [3.05, 3.63) is 64.3 Å². The first-order chi connectivity index (χ1) is 12.3. The number of ether oxygens (including phenoxy) is 1. The Hall–Kier alpha value is -2.27. The summed E-state index contributed by atoms with van der Waals surface area (Å²) >= 11 is 0. The predicted molar refractivity (Wildman–Crippen MR) is 84.7 cm³/mol. The van der Waals surface area contributed by atoms with Crippen molar-refractivity contribution in [3.63, 3.8) is 0 Å². The Morgan fingerprint density at radius 2 is 1.85 bits per heavy atom. The van der Waals surface area contributed by atoms with E-state index in [4.69, 9.17) is 9.52 Å². The molecule has 0 amide bonds. The van der Waals surface area contributed by atoms with Crippen molar-refractivity contribution in [2.75, 3.05) is 0 Å². The molecule has 0 saturated carbocycles. The zero-order chi connectivity index (χ0) is 20.7. The third-order valence-corrected chi connectivity index (χ3v) is 5.88. The molecule has 0 fully saturated rings. The molecule has 148 valence electrons. The smallest absolute Gasteiger partial charge is 0.361 e. The molecule has 2 N–H and O–H groups in total. The molecule has 0 bridgehead atoms. The minimum absolute atomic E-state index is 0.487. The summed E-state index contributed by atoms with van der Waals surface area (Å²) < 4.78 is 106. The molecule has 0 aromatic heterocycles. The number of allylic oxidation sites excluding steroid dienone is 2. The fourth-order valence-corrected chi connectivity index (χ4v) is 3.86. The van der Waals surface area contributed by atoms with Gasteiger partial charge in [0.2, 0.25) is 0 Å². The van der Waals surface area contributed by atoms with Crippen LogP contribution < -0.4 is 4.74 Å². The highest BCUT2D eigenvalue weighted by atomic mass is 32.2. The van der Waals surface area contributed by atoms with E-state index in [0.29, 0.717) is 24.3 Å². The lowest BCUT2D eigenvalue weighted by Gasteiger charge is -2.19. The summed E-state index contributed by atoms with van der Waals surface area (Å²) in [6, 6.07) is 1.77. The second kappa shape index (κ2) is 7.04. The Morgan fingerprint density at radius 3 is 2.22 bits per heavy atom. The van der Waals surface area contributed by atoms with Gasteiger partial charge in [-0.1, -0.05) is 6.58 Å². The van der Waals surface area contributed by atoms with Crippen LogP contribution >= 0.6 is 0 Å². The van der Waals surface area contributed by atoms with E-state index < -0.39 is 66.7 Å². The monoisotopic (exact) mass is 413 g/mol. The molecule has 2 unspecified atom stereocenters. The topological polar surface area (TPSA) is 70.4 Å². The molecule has 1 aliphatic rings. The first kappa shape index (κ1) is 21.0. The Labute approximate surface area is 150 Å². The lowest BCUT2D eigenvalue weighted by Crippen LogP contribution is -2.36. The average Bonchev–Trinajstić information content (AvgIpc) is 2.65. The highest BCUT2D eigenvalue weighted by molar-refractivity contribution is 7.97. The number of nitrogens with one attached hydrogen (secondary N) is 1. The first-order valence-electron chi connectivity index (χ1n) is 7.18. The second-order valence-electron chi connectivity index (χ2n) is 5.48. The molecule has 4 nitrogen and oxygen atoms in total. The van der Waals surface area contributed by atoms with Crippen LogP contribution in [-0.4, -0.2) is 27.1 Å². The van der Waals surface area contributed by atoms with Gasteiger partial charge in [-0.25, -0.2) is 26.6 Å². The second-order valence-corrected chi connectivity index (χ2v) is 7.75. The SMILES string of the molecule is C=C/C(Oc1cc(F)cc(F)c1)=C(\C1=C(C)S(=N)(=O)C(F)(F)C1O)C(F)F. The molecule has 27 heavy (non-hydrogen) atoms. The van der Waals surface area contributed by atoms with Crippen molar-refractivity contribution in [1.29, 1.82) is 4.78 Å². The van der Waals surface area contributed by atoms with Crippen molar-refractivity contribution >= 4 is 9.73 Å². The standard InChI is InChI=1S/C16H13F6NO3S/c1-3-11(26-10-5-8(17)4-9(18)6-10)13(15(19)20)12-7(2)27(23,25)16(21,22)14(12)24/h3-6,14-15,23-24H,1H2,2H3/b13-11-. The number of hydrogen-bond acceptors (Lipinski definition) is 4. The number of aliphatic hydroxyl groups excluding tert-OH is 1. The molecule has 2 rings (SSSR count). The summed E-state index contributed by atoms with van der Waals surface area (Å²) in [5, 5.41) is 5.25. The largest absolute Gasteiger partial charge is 0.457 e. The third-order valence-electron chi connectivity index (χ3n) is 3.81. The number of rotatable bonds is 5. The highest BCUT2D eigenvalue weighted by Gasteiger charge is 2.59. The molecule has 1 heterocycles. The molecule has 0 spiro atoms. The minimum Gasteiger partial charge on any atom is -0.457 e. The lowest BCUT2D eigenvalue weighted by molar-refractivity contribution is -0.0149. The van der Waals surface area contributed by atoms with E-state index >= 15 is 0 Å². The van der Waals surface area contributed by atoms with E-state index in [1.165, 1.54) is 0 Å². The zero-order valence-corrected chi connectivity index (χ0v) is 14.4. The first-order valence-corrected chi connectivity index (χ1v) is 8.74. The van der Waals surface area contributed by atoms with Crippen molar-refractivity contribution in [2.45, 2.75) is 24.7 Å². The van der Waals surface area contributed by atoms with Gasteiger partial charge in [-0.05, 0) is 13.0 Å². The van der Waals surface area contributed by atoms with Gasteiger partial charge in [0.1, 0.15) is 32.9 Å². The van der Waals surface area contributed by atoms with Gasteiger partial charge in [0.05, 0.1) is 5.57 Å². The van der Waals surface area contributed by atoms with E-state index in [2.05, 4.69) is 6.58 Å². The van der Waals surface area contributed by atoms with Crippen LogP contribution in [0.3, 0.4) is 0 Å². The summed E-state index contributed by atoms with van der Waals surface area (Å²) in [5.74, 6) is -3.66. The van der Waals surface area contributed by atoms with Crippen LogP contribution in [0.15, 0.2) is 52.7 Å². The van der Waals surface area contributed by atoms with Crippen LogP contribution in [0, 0.1) is 16.4 Å². The Bertz CT molecular complexity index is 933. The summed E-state index contributed by atoms with van der Waals surface area (Å²) in [6.07, 6.45) is -5.84. The van der Waals surface area contributed by atoms with E-state index in [1.807, 2.05) is 0 Å². The van der Waals surface area contributed by atoms with Crippen LogP contribution in [0.1, 0.15) is 6.92 Å². The van der Waals surface area contributed by atoms with Crippen molar-refractivity contribution in [1.82, 2.24) is 0 Å². The summed E-state index contributed by atoms with van der Waals surface area (Å²) in [4.78, 5) is -0.955. The molecule has 1 aliphatic heterocycles. The number of aliphatic hydroxyl groups is 1. The molecular formula is C16H13F6NO3S. The molecule has 0 aliphatic carbocycles. The molecule has 1 aromatic rings. The normalized spacial score (nSPS) is 25.6. The maximum Gasteiger partial charge on any atom is 0.361 e. The zero-order valence-electron chi connectivity index (χ0n) is 13.6. The number of benzene rings is 1. The summed E-state index contributed by atoms with van der Waals surface area (Å²) in [5.41, 5.74) is -2.45. The van der Waals surface area contributed by atoms with Crippen LogP contribution in [0.4, 0.5) is 26.3 Å². The van der Waals surface area contributed by atoms with Crippen LogP contribution in [-0.2, 0) is 9.73 Å². The molecule has 0 saturated heterocycles. The minimum atomic E-state index is -4.89. The molecular weight excluding hydrogens is 400 g/mol. The van der Waals surface area contributed by atoms with E-state index in [-0.39, 0.29) is 0 Å². The predicted octanol–water partition coefficient (Wildman–Crippen LogP) is 4.34. The van der Waals surface area contributed by atoms with Gasteiger partial charge >= 0.3 is 5.25 Å². The maximum atomic E-state index is 14.0. The van der Waals surface area contributed by atoms with E-state index in [0.717, 1.165) is 6.92 Å². The molecule has 11 heteroatoms. The fraction of sp³-hybridized carbons (Fsp3) is 0.250. The summed E-state index contributed by atoms with van der Waals surface area (Å²) in [7, 11) is -4.89. The maximum absolute atomic E-state index is 14.0. The Morgan fingerprint density at radius 1 is 1.33 bits per heavy atom. The van der Waals surface area contributed by atoms with Gasteiger partial charge in [0.15, 0.2) is 6.10 Å². The van der Waals surface area contributed by atoms with Gasteiger partial charge in [0, 0.05) is 28.7 Å². The number of alkyl halides is 4. The molecule has 1 aromatic carbocycles. The molecule has 0 radical (unpaired) electrons. The van der Waals surface area contributed by atoms with Crippen LogP contribution in [0.25, 0.3) is 0 Å². The van der Waals surface area contributed by atoms with Gasteiger partial charge in [-0.15, -0.1) is 0 Å². The average molecular weight is 413 g/mol. The van der Waals surface area contributed by atoms with Gasteiger partial charge in [-0.2, -0.15) is 8.78 Å². The van der Waals surface area contributed by atoms with Gasteiger partial charge in [-0.3, -0.25) is 0 Å². The van der Waals surface area contributed by atoms with E-state index in [9.17, 15) is 35.7 Å². The lowest BCUT2D eigenvalue weighted by atomic mass is 9.99. The summed E-state index contributed by atoms with van der Waals surface area (Å²) in [6.45, 7) is 3.94. The Kier molecular flexibility index (Phi) is 5.48. The van der Waals surface area contributed by atoms with Gasteiger partial charge in [0.25, 0.3) is 6.43 Å². The number of hydrogen-bond donors (Lipinski definition) is 2.